The van der Waals surface area contributed by atoms with E-state index in [4.69, 9.17) is 0 Å². The molecule has 40 heavy (non-hydrogen) atoms. The number of hydrogen-bond acceptors (Lipinski definition) is 4. The first-order valence-corrected chi connectivity index (χ1v) is 15.4. The summed E-state index contributed by atoms with van der Waals surface area (Å²) in [7, 11) is -3.89. The van der Waals surface area contributed by atoms with Crippen LogP contribution in [-0.4, -0.2) is 49.5 Å². The van der Waals surface area contributed by atoms with E-state index >= 15 is 0 Å². The van der Waals surface area contributed by atoms with E-state index in [0.717, 1.165) is 26.2 Å². The van der Waals surface area contributed by atoms with Crippen molar-refractivity contribution in [2.45, 2.75) is 52.2 Å². The summed E-state index contributed by atoms with van der Waals surface area (Å²) >= 11 is 3.41. The Morgan fingerprint density at radius 2 is 1.62 bits per heavy atom. The molecule has 0 radical (unpaired) electrons. The number of carbonyl (C=O) groups is 2. The van der Waals surface area contributed by atoms with Gasteiger partial charge in [0.2, 0.25) is 21.8 Å². The van der Waals surface area contributed by atoms with Crippen molar-refractivity contribution in [2.75, 3.05) is 17.1 Å². The molecule has 0 saturated heterocycles. The topological polar surface area (TPSA) is 86.8 Å². The highest BCUT2D eigenvalue weighted by molar-refractivity contribution is 9.10. The lowest BCUT2D eigenvalue weighted by molar-refractivity contribution is -0.140. The first-order chi connectivity index (χ1) is 18.7. The molecule has 7 nitrogen and oxygen atoms in total. The molecular formula is C30H35BrFN3O4S. The summed E-state index contributed by atoms with van der Waals surface area (Å²) in [6.45, 7) is 6.51. The van der Waals surface area contributed by atoms with Crippen molar-refractivity contribution in [3.8, 4) is 0 Å². The summed E-state index contributed by atoms with van der Waals surface area (Å²) in [5.74, 6) is -1.59. The lowest BCUT2D eigenvalue weighted by atomic mass is 10.0. The van der Waals surface area contributed by atoms with Crippen LogP contribution in [0.1, 0.15) is 37.5 Å². The third kappa shape index (κ3) is 8.63. The number of hydrogen-bond donors (Lipinski definition) is 1. The molecule has 1 unspecified atom stereocenters. The molecule has 3 aromatic rings. The molecule has 0 aliphatic rings. The zero-order chi connectivity index (χ0) is 29.7. The maximum atomic E-state index is 14.8. The molecule has 0 aromatic heterocycles. The van der Waals surface area contributed by atoms with Crippen LogP contribution in [0.4, 0.5) is 10.1 Å². The number of anilines is 1. The predicted octanol–water partition coefficient (Wildman–Crippen LogP) is 5.22. The van der Waals surface area contributed by atoms with E-state index in [2.05, 4.69) is 21.2 Å². The molecular weight excluding hydrogens is 597 g/mol. The number of benzene rings is 3. The normalized spacial score (nSPS) is 12.5. The van der Waals surface area contributed by atoms with Gasteiger partial charge in [0.15, 0.2) is 0 Å². The second kappa shape index (κ2) is 13.0. The molecule has 0 aliphatic carbocycles. The SMILES string of the molecule is Cc1cc(N(CC(=O)N(Cc2ccccc2F)C(Cc2ccccc2)C(=O)NC(C)(C)C)S(C)(=O)=O)ccc1Br. The molecule has 214 valence electrons. The summed E-state index contributed by atoms with van der Waals surface area (Å²) in [5, 5.41) is 2.94. The van der Waals surface area contributed by atoms with Crippen molar-refractivity contribution in [1.29, 1.82) is 0 Å². The second-order valence-electron chi connectivity index (χ2n) is 10.8. The summed E-state index contributed by atoms with van der Waals surface area (Å²) in [4.78, 5) is 29.0. The molecule has 1 atom stereocenters. The van der Waals surface area contributed by atoms with Gasteiger partial charge in [-0.15, -0.1) is 0 Å². The number of nitrogens with zero attached hydrogens (tertiary/aromatic N) is 2. The van der Waals surface area contributed by atoms with Crippen LogP contribution in [0, 0.1) is 12.7 Å². The lowest BCUT2D eigenvalue weighted by Crippen LogP contribution is -2.56. The van der Waals surface area contributed by atoms with Crippen LogP contribution in [0.2, 0.25) is 0 Å². The van der Waals surface area contributed by atoms with Crippen LogP contribution in [0.15, 0.2) is 77.3 Å². The first kappa shape index (κ1) is 31.3. The summed E-state index contributed by atoms with van der Waals surface area (Å²) in [6.07, 6.45) is 1.17. The fraction of sp³-hybridized carbons (Fsp3) is 0.333. The minimum atomic E-state index is -3.89. The highest BCUT2D eigenvalue weighted by atomic mass is 79.9. The summed E-state index contributed by atoms with van der Waals surface area (Å²) < 4.78 is 42.4. The Labute approximate surface area is 244 Å². The average molecular weight is 633 g/mol. The minimum Gasteiger partial charge on any atom is -0.350 e. The maximum Gasteiger partial charge on any atom is 0.244 e. The van der Waals surface area contributed by atoms with E-state index in [1.807, 2.05) is 58.0 Å². The third-order valence-corrected chi connectivity index (χ3v) is 8.21. The van der Waals surface area contributed by atoms with Crippen molar-refractivity contribution >= 4 is 43.5 Å². The van der Waals surface area contributed by atoms with Gasteiger partial charge in [-0.05, 0) is 63.1 Å². The maximum absolute atomic E-state index is 14.8. The van der Waals surface area contributed by atoms with Crippen LogP contribution in [0.3, 0.4) is 0 Å². The molecule has 10 heteroatoms. The molecule has 0 spiro atoms. The molecule has 1 N–H and O–H groups in total. The number of amides is 2. The minimum absolute atomic E-state index is 0.152. The largest absolute Gasteiger partial charge is 0.350 e. The van der Waals surface area contributed by atoms with E-state index in [9.17, 15) is 22.4 Å². The van der Waals surface area contributed by atoms with Crippen LogP contribution < -0.4 is 9.62 Å². The van der Waals surface area contributed by atoms with E-state index in [-0.39, 0.29) is 18.5 Å². The number of nitrogens with one attached hydrogen (secondary N) is 1. The summed E-state index contributed by atoms with van der Waals surface area (Å²) in [5.41, 5.74) is 1.50. The smallest absolute Gasteiger partial charge is 0.244 e. The van der Waals surface area contributed by atoms with Gasteiger partial charge in [0, 0.05) is 28.5 Å². The van der Waals surface area contributed by atoms with Crippen molar-refractivity contribution in [3.63, 3.8) is 0 Å². The first-order valence-electron chi connectivity index (χ1n) is 12.8. The van der Waals surface area contributed by atoms with Crippen LogP contribution in [0.25, 0.3) is 0 Å². The number of carbonyl (C=O) groups excluding carboxylic acids is 2. The van der Waals surface area contributed by atoms with Gasteiger partial charge in [0.25, 0.3) is 0 Å². The molecule has 2 amide bonds. The predicted molar refractivity (Wildman–Crippen MR) is 160 cm³/mol. The molecule has 0 fully saturated rings. The number of aryl methyl sites for hydroxylation is 1. The van der Waals surface area contributed by atoms with Crippen molar-refractivity contribution < 1.29 is 22.4 Å². The second-order valence-corrected chi connectivity index (χ2v) is 13.5. The number of sulfonamides is 1. The monoisotopic (exact) mass is 631 g/mol. The van der Waals surface area contributed by atoms with Gasteiger partial charge in [0.05, 0.1) is 11.9 Å². The van der Waals surface area contributed by atoms with Gasteiger partial charge in [-0.3, -0.25) is 13.9 Å². The molecule has 0 bridgehead atoms. The van der Waals surface area contributed by atoms with Gasteiger partial charge < -0.3 is 10.2 Å². The molecule has 3 rings (SSSR count). The van der Waals surface area contributed by atoms with E-state index in [1.54, 1.807) is 36.4 Å². The average Bonchev–Trinajstić information content (AvgIpc) is 2.86. The van der Waals surface area contributed by atoms with Gasteiger partial charge in [-0.1, -0.05) is 64.5 Å². The number of rotatable bonds is 10. The van der Waals surface area contributed by atoms with Crippen molar-refractivity contribution in [1.82, 2.24) is 10.2 Å². The van der Waals surface area contributed by atoms with E-state index in [0.29, 0.717) is 5.69 Å². The fourth-order valence-corrected chi connectivity index (χ4v) is 5.30. The fourth-order valence-electron chi connectivity index (χ4n) is 4.21. The Morgan fingerprint density at radius 3 is 2.20 bits per heavy atom. The number of halogens is 2. The quantitative estimate of drug-likeness (QED) is 0.332. The highest BCUT2D eigenvalue weighted by Gasteiger charge is 2.34. The molecule has 0 aliphatic heterocycles. The highest BCUT2D eigenvalue weighted by Crippen LogP contribution is 2.26. The Morgan fingerprint density at radius 1 is 1.00 bits per heavy atom. The molecule has 0 saturated carbocycles. The zero-order valence-electron chi connectivity index (χ0n) is 23.3. The Balaban J connectivity index is 2.10. The van der Waals surface area contributed by atoms with Gasteiger partial charge in [-0.25, -0.2) is 12.8 Å². The van der Waals surface area contributed by atoms with Crippen LogP contribution in [-0.2, 0) is 32.6 Å². The van der Waals surface area contributed by atoms with Gasteiger partial charge >= 0.3 is 0 Å². The van der Waals surface area contributed by atoms with Gasteiger partial charge in [0.1, 0.15) is 18.4 Å². The molecule has 0 heterocycles. The Hall–Kier alpha value is -3.24. The standard InChI is InChI=1S/C30H35BrFN3O4S/c1-21-17-24(15-16-25(21)31)35(40(5,38)39)20-28(36)34(19-23-13-9-10-14-26(23)32)27(29(37)33-30(2,3)4)18-22-11-7-6-8-12-22/h6-17,27H,18-20H2,1-5H3,(H,33,37). The Kier molecular flexibility index (Phi) is 10.1. The van der Waals surface area contributed by atoms with E-state index < -0.39 is 45.8 Å². The van der Waals surface area contributed by atoms with E-state index in [1.165, 1.54) is 11.0 Å². The van der Waals surface area contributed by atoms with Crippen LogP contribution >= 0.6 is 15.9 Å². The van der Waals surface area contributed by atoms with Crippen molar-refractivity contribution in [3.05, 3.63) is 99.8 Å². The van der Waals surface area contributed by atoms with Gasteiger partial charge in [-0.2, -0.15) is 0 Å². The van der Waals surface area contributed by atoms with Crippen LogP contribution in [0.5, 0.6) is 0 Å². The lowest BCUT2D eigenvalue weighted by Gasteiger charge is -2.35. The molecule has 3 aromatic carbocycles. The Bertz CT molecular complexity index is 1460. The van der Waals surface area contributed by atoms with Crippen molar-refractivity contribution in [2.24, 2.45) is 0 Å². The third-order valence-electron chi connectivity index (χ3n) is 6.18. The zero-order valence-corrected chi connectivity index (χ0v) is 25.7. The summed E-state index contributed by atoms with van der Waals surface area (Å²) in [6, 6.07) is 19.1.